The van der Waals surface area contributed by atoms with Gasteiger partial charge in [-0.2, -0.15) is 5.10 Å². The molecule has 5 heteroatoms. The lowest BCUT2D eigenvalue weighted by Gasteiger charge is -2.08. The van der Waals surface area contributed by atoms with Gasteiger partial charge in [0.25, 0.3) is 5.91 Å². The number of nitrogens with one attached hydrogen (secondary N) is 1. The van der Waals surface area contributed by atoms with Crippen LogP contribution in [-0.4, -0.2) is 16.6 Å². The number of hydrazone groups is 1. The maximum Gasteiger partial charge on any atom is 0.271 e. The average Bonchev–Trinajstić information content (AvgIpc) is 2.63. The quantitative estimate of drug-likeness (QED) is 0.592. The van der Waals surface area contributed by atoms with E-state index in [0.29, 0.717) is 5.71 Å². The van der Waals surface area contributed by atoms with E-state index in [9.17, 15) is 9.18 Å². The highest BCUT2D eigenvalue weighted by Crippen LogP contribution is 2.10. The third-order valence-electron chi connectivity index (χ3n) is 3.36. The highest BCUT2D eigenvalue weighted by molar-refractivity contribution is 6.13. The van der Waals surface area contributed by atoms with Gasteiger partial charge in [0.2, 0.25) is 0 Å². The zero-order valence-corrected chi connectivity index (χ0v) is 12.7. The van der Waals surface area contributed by atoms with Crippen molar-refractivity contribution in [2.24, 2.45) is 5.10 Å². The van der Waals surface area contributed by atoms with Gasteiger partial charge in [-0.25, -0.2) is 9.82 Å². The molecule has 0 fully saturated rings. The molecule has 0 bridgehead atoms. The second-order valence-electron chi connectivity index (χ2n) is 5.01. The van der Waals surface area contributed by atoms with Crippen molar-refractivity contribution in [2.75, 3.05) is 0 Å². The van der Waals surface area contributed by atoms with Crippen LogP contribution in [0.25, 0.3) is 0 Å². The van der Waals surface area contributed by atoms with E-state index >= 15 is 0 Å². The highest BCUT2D eigenvalue weighted by Gasteiger charge is 2.09. The predicted octanol–water partition coefficient (Wildman–Crippen LogP) is 3.40. The van der Waals surface area contributed by atoms with Crippen LogP contribution in [0.3, 0.4) is 0 Å². The van der Waals surface area contributed by atoms with E-state index in [1.165, 1.54) is 24.3 Å². The topological polar surface area (TPSA) is 54.4 Å². The number of carbonyl (C=O) groups excluding carboxylic acids is 1. The number of hydrogen-bond acceptors (Lipinski definition) is 3. The third kappa shape index (κ3) is 3.70. The summed E-state index contributed by atoms with van der Waals surface area (Å²) in [5, 5.41) is 4.24. The second-order valence-corrected chi connectivity index (χ2v) is 5.01. The first-order valence-corrected chi connectivity index (χ1v) is 7.33. The Morgan fingerprint density at radius 1 is 0.875 bits per heavy atom. The maximum atomic E-state index is 13.2. The largest absolute Gasteiger partial charge is 0.271 e. The molecule has 0 aliphatic rings. The summed E-state index contributed by atoms with van der Waals surface area (Å²) in [4.78, 5) is 16.2. The molecule has 24 heavy (non-hydrogen) atoms. The molecule has 1 amide bonds. The van der Waals surface area contributed by atoms with Gasteiger partial charge in [-0.3, -0.25) is 9.78 Å². The van der Waals surface area contributed by atoms with Crippen LogP contribution in [-0.2, 0) is 0 Å². The minimum atomic E-state index is -0.475. The molecule has 3 rings (SSSR count). The number of benzene rings is 2. The van der Waals surface area contributed by atoms with E-state index in [1.54, 1.807) is 24.5 Å². The lowest BCUT2D eigenvalue weighted by atomic mass is 10.0. The molecule has 1 aromatic heterocycles. The van der Waals surface area contributed by atoms with Gasteiger partial charge >= 0.3 is 0 Å². The van der Waals surface area contributed by atoms with Gasteiger partial charge in [0.15, 0.2) is 0 Å². The Labute approximate surface area is 138 Å². The van der Waals surface area contributed by atoms with E-state index < -0.39 is 11.7 Å². The van der Waals surface area contributed by atoms with Crippen molar-refractivity contribution in [3.8, 4) is 0 Å². The van der Waals surface area contributed by atoms with E-state index in [-0.39, 0.29) is 5.56 Å². The number of carbonyl (C=O) groups is 1. The number of halogens is 1. The van der Waals surface area contributed by atoms with Gasteiger partial charge in [-0.1, -0.05) is 36.4 Å². The Kier molecular flexibility index (Phi) is 4.72. The molecule has 0 spiro atoms. The number of hydrogen-bond donors (Lipinski definition) is 1. The molecule has 4 nitrogen and oxygen atoms in total. The molecule has 0 saturated heterocycles. The molecule has 1 N–H and O–H groups in total. The number of pyridine rings is 1. The molecular formula is C19H14FN3O. The zero-order chi connectivity index (χ0) is 16.8. The Morgan fingerprint density at radius 2 is 1.54 bits per heavy atom. The number of amides is 1. The van der Waals surface area contributed by atoms with Crippen LogP contribution in [0.4, 0.5) is 4.39 Å². The summed E-state index contributed by atoms with van der Waals surface area (Å²) in [5.74, 6) is -0.943. The standard InChI is InChI=1S/C19H14FN3O/c20-17-8-4-7-16(13-17)19(24)23-22-18(14-5-2-1-3-6-14)15-9-11-21-12-10-15/h1-13H,(H,23,24)/b22-18-. The van der Waals surface area contributed by atoms with Crippen LogP contribution >= 0.6 is 0 Å². The minimum absolute atomic E-state index is 0.209. The molecule has 1 heterocycles. The fraction of sp³-hybridized carbons (Fsp3) is 0. The summed E-state index contributed by atoms with van der Waals surface area (Å²) in [6.45, 7) is 0. The van der Waals surface area contributed by atoms with Crippen molar-refractivity contribution in [1.82, 2.24) is 10.4 Å². The van der Waals surface area contributed by atoms with Crippen molar-refractivity contribution in [3.05, 3.63) is 102 Å². The molecular weight excluding hydrogens is 305 g/mol. The third-order valence-corrected chi connectivity index (χ3v) is 3.36. The second kappa shape index (κ2) is 7.28. The van der Waals surface area contributed by atoms with Crippen LogP contribution in [0.5, 0.6) is 0 Å². The van der Waals surface area contributed by atoms with Crippen LogP contribution in [0, 0.1) is 5.82 Å². The first kappa shape index (κ1) is 15.6. The Balaban J connectivity index is 1.91. The van der Waals surface area contributed by atoms with Crippen molar-refractivity contribution in [2.45, 2.75) is 0 Å². The number of aromatic nitrogens is 1. The van der Waals surface area contributed by atoms with Gasteiger partial charge in [0.05, 0.1) is 5.71 Å². The molecule has 2 aromatic carbocycles. The van der Waals surface area contributed by atoms with Crippen molar-refractivity contribution in [3.63, 3.8) is 0 Å². The summed E-state index contributed by atoms with van der Waals surface area (Å²) in [5.41, 5.74) is 4.96. The van der Waals surface area contributed by atoms with E-state index in [2.05, 4.69) is 15.5 Å². The Bertz CT molecular complexity index is 823. The zero-order valence-electron chi connectivity index (χ0n) is 12.7. The van der Waals surface area contributed by atoms with Gasteiger partial charge in [0.1, 0.15) is 5.82 Å². The van der Waals surface area contributed by atoms with Crippen LogP contribution < -0.4 is 5.43 Å². The first-order chi connectivity index (χ1) is 11.7. The molecule has 0 saturated carbocycles. The minimum Gasteiger partial charge on any atom is -0.267 e. The van der Waals surface area contributed by atoms with Crippen LogP contribution in [0.1, 0.15) is 21.5 Å². The molecule has 118 valence electrons. The van der Waals surface area contributed by atoms with Crippen molar-refractivity contribution in [1.29, 1.82) is 0 Å². The summed E-state index contributed by atoms with van der Waals surface area (Å²) >= 11 is 0. The Hall–Kier alpha value is -3.34. The van der Waals surface area contributed by atoms with Gasteiger partial charge in [-0.15, -0.1) is 0 Å². The number of rotatable bonds is 4. The smallest absolute Gasteiger partial charge is 0.267 e. The molecule has 0 aliphatic carbocycles. The van der Waals surface area contributed by atoms with Crippen molar-refractivity contribution < 1.29 is 9.18 Å². The molecule has 0 atom stereocenters. The monoisotopic (exact) mass is 319 g/mol. The summed E-state index contributed by atoms with van der Waals surface area (Å²) in [7, 11) is 0. The van der Waals surface area contributed by atoms with Crippen molar-refractivity contribution >= 4 is 11.6 Å². The molecule has 3 aromatic rings. The Morgan fingerprint density at radius 3 is 2.25 bits per heavy atom. The van der Waals surface area contributed by atoms with Gasteiger partial charge < -0.3 is 0 Å². The lowest BCUT2D eigenvalue weighted by molar-refractivity contribution is 0.0954. The first-order valence-electron chi connectivity index (χ1n) is 7.33. The molecule has 0 aliphatic heterocycles. The average molecular weight is 319 g/mol. The van der Waals surface area contributed by atoms with Gasteiger partial charge in [-0.05, 0) is 30.3 Å². The predicted molar refractivity (Wildman–Crippen MR) is 90.2 cm³/mol. The number of nitrogens with zero attached hydrogens (tertiary/aromatic N) is 2. The van der Waals surface area contributed by atoms with E-state index in [0.717, 1.165) is 11.1 Å². The van der Waals surface area contributed by atoms with Crippen LogP contribution in [0.15, 0.2) is 84.2 Å². The van der Waals surface area contributed by atoms with Gasteiger partial charge in [0, 0.05) is 29.1 Å². The summed E-state index contributed by atoms with van der Waals surface area (Å²) in [6, 6.07) is 18.5. The molecule has 0 unspecified atom stereocenters. The highest BCUT2D eigenvalue weighted by atomic mass is 19.1. The molecule has 0 radical (unpaired) electrons. The lowest BCUT2D eigenvalue weighted by Crippen LogP contribution is -2.20. The maximum absolute atomic E-state index is 13.2. The normalized spacial score (nSPS) is 11.1. The van der Waals surface area contributed by atoms with E-state index in [1.807, 2.05) is 30.3 Å². The fourth-order valence-corrected chi connectivity index (χ4v) is 2.20. The summed E-state index contributed by atoms with van der Waals surface area (Å²) in [6.07, 6.45) is 3.31. The fourth-order valence-electron chi connectivity index (χ4n) is 2.20. The summed E-state index contributed by atoms with van der Waals surface area (Å²) < 4.78 is 13.2. The SMILES string of the molecule is O=C(N/N=C(/c1ccccc1)c1ccncc1)c1cccc(F)c1. The van der Waals surface area contributed by atoms with Crippen LogP contribution in [0.2, 0.25) is 0 Å². The van der Waals surface area contributed by atoms with E-state index in [4.69, 9.17) is 0 Å².